The van der Waals surface area contributed by atoms with Crippen LogP contribution in [0.15, 0.2) is 24.3 Å². The first-order valence-electron chi connectivity index (χ1n) is 8.30. The molecule has 0 radical (unpaired) electrons. The predicted octanol–water partition coefficient (Wildman–Crippen LogP) is 2.46. The maximum atomic E-state index is 12.4. The molecule has 1 N–H and O–H groups in total. The molecular weight excluding hydrogens is 310 g/mol. The summed E-state index contributed by atoms with van der Waals surface area (Å²) < 4.78 is 12.3. The molecule has 1 amide bonds. The SMILES string of the molecule is CC1CCCCC1N(C)C(=O)CS(=O)Cc1ccc(CO)cc1. The van der Waals surface area contributed by atoms with Crippen LogP contribution in [0.3, 0.4) is 0 Å². The Morgan fingerprint density at radius 2 is 1.83 bits per heavy atom. The fourth-order valence-electron chi connectivity index (χ4n) is 3.27. The standard InChI is InChI=1S/C18H27NO3S/c1-14-5-3-4-6-17(14)19(2)18(21)13-23(22)12-16-9-7-15(11-20)8-10-16/h7-10,14,17,20H,3-6,11-13H2,1-2H3. The lowest BCUT2D eigenvalue weighted by molar-refractivity contribution is -0.130. The van der Waals surface area contributed by atoms with Gasteiger partial charge in [0.1, 0.15) is 5.75 Å². The van der Waals surface area contributed by atoms with E-state index in [0.29, 0.717) is 11.7 Å². The van der Waals surface area contributed by atoms with Crippen LogP contribution in [0.4, 0.5) is 0 Å². The summed E-state index contributed by atoms with van der Waals surface area (Å²) >= 11 is 0. The predicted molar refractivity (Wildman–Crippen MR) is 93.3 cm³/mol. The average molecular weight is 337 g/mol. The smallest absolute Gasteiger partial charge is 0.235 e. The van der Waals surface area contributed by atoms with Gasteiger partial charge in [-0.1, -0.05) is 44.0 Å². The zero-order valence-corrected chi connectivity index (χ0v) is 14.8. The lowest BCUT2D eigenvalue weighted by Crippen LogP contribution is -2.44. The van der Waals surface area contributed by atoms with Crippen molar-refractivity contribution in [3.8, 4) is 0 Å². The van der Waals surface area contributed by atoms with Crippen molar-refractivity contribution in [3.63, 3.8) is 0 Å². The number of aliphatic hydroxyl groups excluding tert-OH is 1. The van der Waals surface area contributed by atoms with Crippen molar-refractivity contribution in [2.24, 2.45) is 5.92 Å². The molecule has 2 rings (SSSR count). The third-order valence-corrected chi connectivity index (χ3v) is 6.00. The highest BCUT2D eigenvalue weighted by atomic mass is 32.2. The molecule has 0 bridgehead atoms. The minimum atomic E-state index is -1.20. The van der Waals surface area contributed by atoms with Crippen LogP contribution in [-0.2, 0) is 28.0 Å². The second kappa shape index (κ2) is 8.60. The van der Waals surface area contributed by atoms with Crippen LogP contribution in [0.5, 0.6) is 0 Å². The van der Waals surface area contributed by atoms with Gasteiger partial charge in [0.2, 0.25) is 5.91 Å². The Bertz CT molecular complexity index is 544. The molecule has 3 atom stereocenters. The minimum absolute atomic E-state index is 0.00617. The molecule has 0 spiro atoms. The molecule has 23 heavy (non-hydrogen) atoms. The molecule has 1 aliphatic carbocycles. The Morgan fingerprint density at radius 1 is 1.22 bits per heavy atom. The van der Waals surface area contributed by atoms with Gasteiger partial charge in [0, 0.05) is 29.6 Å². The largest absolute Gasteiger partial charge is 0.392 e. The van der Waals surface area contributed by atoms with E-state index in [4.69, 9.17) is 5.11 Å². The molecule has 1 saturated carbocycles. The van der Waals surface area contributed by atoms with E-state index in [9.17, 15) is 9.00 Å². The fourth-order valence-corrected chi connectivity index (χ4v) is 4.42. The van der Waals surface area contributed by atoms with Crippen molar-refractivity contribution in [1.29, 1.82) is 0 Å². The number of carbonyl (C=O) groups is 1. The molecule has 1 fully saturated rings. The van der Waals surface area contributed by atoms with Gasteiger partial charge in [-0.25, -0.2) is 0 Å². The molecule has 1 aromatic carbocycles. The van der Waals surface area contributed by atoms with Crippen molar-refractivity contribution in [2.75, 3.05) is 12.8 Å². The number of nitrogens with zero attached hydrogens (tertiary/aromatic N) is 1. The topological polar surface area (TPSA) is 57.6 Å². The van der Waals surface area contributed by atoms with Crippen molar-refractivity contribution in [3.05, 3.63) is 35.4 Å². The number of aliphatic hydroxyl groups is 1. The number of hydrogen-bond donors (Lipinski definition) is 1. The van der Waals surface area contributed by atoms with Crippen molar-refractivity contribution < 1.29 is 14.1 Å². The summed E-state index contributed by atoms with van der Waals surface area (Å²) in [5, 5.41) is 9.03. The van der Waals surface area contributed by atoms with Crippen molar-refractivity contribution >= 4 is 16.7 Å². The maximum Gasteiger partial charge on any atom is 0.235 e. The molecule has 0 aromatic heterocycles. The number of benzene rings is 1. The van der Waals surface area contributed by atoms with E-state index < -0.39 is 10.8 Å². The molecule has 0 aliphatic heterocycles. The van der Waals surface area contributed by atoms with Crippen LogP contribution in [0.25, 0.3) is 0 Å². The van der Waals surface area contributed by atoms with Crippen LogP contribution in [0.2, 0.25) is 0 Å². The van der Waals surface area contributed by atoms with Gasteiger partial charge in [0.25, 0.3) is 0 Å². The molecule has 0 saturated heterocycles. The highest BCUT2D eigenvalue weighted by Gasteiger charge is 2.28. The Labute approximate surface area is 141 Å². The van der Waals surface area contributed by atoms with E-state index in [1.165, 1.54) is 19.3 Å². The van der Waals surface area contributed by atoms with E-state index in [0.717, 1.165) is 17.5 Å². The molecule has 128 valence electrons. The molecular formula is C18H27NO3S. The zero-order chi connectivity index (χ0) is 16.8. The van der Waals surface area contributed by atoms with Gasteiger partial charge in [0.15, 0.2) is 0 Å². The average Bonchev–Trinajstić information content (AvgIpc) is 2.55. The van der Waals surface area contributed by atoms with Crippen LogP contribution in [-0.4, -0.2) is 39.0 Å². The highest BCUT2D eigenvalue weighted by molar-refractivity contribution is 7.84. The molecule has 1 aliphatic rings. The Balaban J connectivity index is 1.87. The molecule has 4 nitrogen and oxygen atoms in total. The summed E-state index contributed by atoms with van der Waals surface area (Å²) in [5.74, 6) is 0.971. The Kier molecular flexibility index (Phi) is 6.78. The first-order chi connectivity index (χ1) is 11.0. The third kappa shape index (κ3) is 5.15. The summed E-state index contributed by atoms with van der Waals surface area (Å²) in [4.78, 5) is 14.2. The molecule has 1 aromatic rings. The summed E-state index contributed by atoms with van der Waals surface area (Å²) in [6.07, 6.45) is 4.64. The van der Waals surface area contributed by atoms with Gasteiger partial charge in [-0.05, 0) is 29.9 Å². The monoisotopic (exact) mass is 337 g/mol. The van der Waals surface area contributed by atoms with E-state index in [1.54, 1.807) is 0 Å². The van der Waals surface area contributed by atoms with Crippen LogP contribution < -0.4 is 0 Å². The lowest BCUT2D eigenvalue weighted by Gasteiger charge is -2.36. The lowest BCUT2D eigenvalue weighted by atomic mass is 9.85. The molecule has 3 unspecified atom stereocenters. The minimum Gasteiger partial charge on any atom is -0.392 e. The fraction of sp³-hybridized carbons (Fsp3) is 0.611. The second-order valence-corrected chi connectivity index (χ2v) is 7.99. The molecule has 0 heterocycles. The van der Waals surface area contributed by atoms with E-state index >= 15 is 0 Å². The first-order valence-corrected chi connectivity index (χ1v) is 9.79. The number of amides is 1. The third-order valence-electron chi connectivity index (χ3n) is 4.77. The summed E-state index contributed by atoms with van der Waals surface area (Å²) in [6, 6.07) is 7.66. The van der Waals surface area contributed by atoms with Gasteiger partial charge in [0.05, 0.1) is 6.61 Å². The zero-order valence-electron chi connectivity index (χ0n) is 14.0. The van der Waals surface area contributed by atoms with Gasteiger partial charge in [-0.2, -0.15) is 0 Å². The quantitative estimate of drug-likeness (QED) is 0.867. The van der Waals surface area contributed by atoms with E-state index in [2.05, 4.69) is 6.92 Å². The normalized spacial score (nSPS) is 22.6. The summed E-state index contributed by atoms with van der Waals surface area (Å²) in [7, 11) is 0.650. The highest BCUT2D eigenvalue weighted by Crippen LogP contribution is 2.27. The van der Waals surface area contributed by atoms with Crippen LogP contribution >= 0.6 is 0 Å². The Hall–Kier alpha value is -1.20. The van der Waals surface area contributed by atoms with Gasteiger partial charge in [-0.3, -0.25) is 9.00 Å². The summed E-state index contributed by atoms with van der Waals surface area (Å²) in [5.41, 5.74) is 1.77. The van der Waals surface area contributed by atoms with Gasteiger partial charge < -0.3 is 10.0 Å². The molecule has 5 heteroatoms. The number of rotatable bonds is 6. The van der Waals surface area contributed by atoms with E-state index in [1.807, 2.05) is 36.2 Å². The van der Waals surface area contributed by atoms with Crippen LogP contribution in [0.1, 0.15) is 43.7 Å². The second-order valence-electron chi connectivity index (χ2n) is 6.54. The van der Waals surface area contributed by atoms with Gasteiger partial charge >= 0.3 is 0 Å². The summed E-state index contributed by atoms with van der Waals surface area (Å²) in [6.45, 7) is 2.21. The Morgan fingerprint density at radius 3 is 2.43 bits per heavy atom. The number of hydrogen-bond acceptors (Lipinski definition) is 3. The van der Waals surface area contributed by atoms with Crippen LogP contribution in [0, 0.1) is 5.92 Å². The first kappa shape index (κ1) is 18.1. The number of carbonyl (C=O) groups excluding carboxylic acids is 1. The van der Waals surface area contributed by atoms with Crippen molar-refractivity contribution in [2.45, 2.75) is 51.0 Å². The maximum absolute atomic E-state index is 12.4. The van der Waals surface area contributed by atoms with Gasteiger partial charge in [-0.15, -0.1) is 0 Å². The van der Waals surface area contributed by atoms with E-state index in [-0.39, 0.29) is 24.3 Å². The van der Waals surface area contributed by atoms with Crippen molar-refractivity contribution in [1.82, 2.24) is 4.90 Å².